The van der Waals surface area contributed by atoms with Crippen LogP contribution in [0.4, 0.5) is 24.5 Å². The molecule has 20 heavy (non-hydrogen) atoms. The summed E-state index contributed by atoms with van der Waals surface area (Å²) in [4.78, 5) is 21.3. The average Bonchev–Trinajstić information content (AvgIpc) is 2.28. The number of alkyl halides is 3. The first-order chi connectivity index (χ1) is 9.20. The van der Waals surface area contributed by atoms with E-state index in [2.05, 4.69) is 10.6 Å². The fourth-order valence-electron chi connectivity index (χ4n) is 1.44. The Morgan fingerprint density at radius 2 is 1.70 bits per heavy atom. The standard InChI is InChI=1S/C12H13F3N2O3/c1-7(18)17-9-4-2-8(3-5-9)16-6-10(11(19)20)12(13,14)15/h2-5,10,16H,6H2,1H3,(H,17,18)(H,19,20). The Hall–Kier alpha value is -2.25. The van der Waals surface area contributed by atoms with E-state index in [4.69, 9.17) is 5.11 Å². The fourth-order valence-corrected chi connectivity index (χ4v) is 1.44. The highest BCUT2D eigenvalue weighted by atomic mass is 19.4. The zero-order valence-corrected chi connectivity index (χ0v) is 10.5. The number of anilines is 2. The number of rotatable bonds is 5. The molecule has 0 aliphatic rings. The summed E-state index contributed by atoms with van der Waals surface area (Å²) in [5.41, 5.74) is 0.822. The van der Waals surface area contributed by atoms with Gasteiger partial charge in [-0.15, -0.1) is 0 Å². The zero-order chi connectivity index (χ0) is 15.3. The van der Waals surface area contributed by atoms with Crippen molar-refractivity contribution in [2.45, 2.75) is 13.1 Å². The van der Waals surface area contributed by atoms with Crippen LogP contribution in [0.1, 0.15) is 6.92 Å². The quantitative estimate of drug-likeness (QED) is 0.777. The Morgan fingerprint density at radius 1 is 1.20 bits per heavy atom. The maximum absolute atomic E-state index is 12.4. The molecule has 1 amide bonds. The number of carboxylic acids is 1. The monoisotopic (exact) mass is 290 g/mol. The first-order valence-corrected chi connectivity index (χ1v) is 5.61. The molecule has 0 aliphatic heterocycles. The fraction of sp³-hybridized carbons (Fsp3) is 0.333. The van der Waals surface area contributed by atoms with Gasteiger partial charge in [-0.2, -0.15) is 13.2 Å². The number of carboxylic acid groups (broad SMARTS) is 1. The van der Waals surface area contributed by atoms with Gasteiger partial charge in [-0.1, -0.05) is 0 Å². The Morgan fingerprint density at radius 3 is 2.10 bits per heavy atom. The van der Waals surface area contributed by atoms with E-state index in [9.17, 15) is 22.8 Å². The van der Waals surface area contributed by atoms with E-state index in [0.29, 0.717) is 11.4 Å². The lowest BCUT2D eigenvalue weighted by molar-refractivity contribution is -0.190. The van der Waals surface area contributed by atoms with Gasteiger partial charge in [0.2, 0.25) is 5.91 Å². The average molecular weight is 290 g/mol. The molecule has 1 unspecified atom stereocenters. The van der Waals surface area contributed by atoms with E-state index >= 15 is 0 Å². The second-order valence-corrected chi connectivity index (χ2v) is 4.07. The van der Waals surface area contributed by atoms with Crippen LogP contribution in [0, 0.1) is 5.92 Å². The third-order valence-corrected chi connectivity index (χ3v) is 2.41. The molecule has 0 bridgehead atoms. The molecule has 0 saturated carbocycles. The van der Waals surface area contributed by atoms with Crippen LogP contribution in [0.2, 0.25) is 0 Å². The number of hydrogen-bond donors (Lipinski definition) is 3. The van der Waals surface area contributed by atoms with Gasteiger partial charge < -0.3 is 15.7 Å². The molecule has 0 spiro atoms. The third kappa shape index (κ3) is 4.79. The van der Waals surface area contributed by atoms with Crippen LogP contribution in [0.3, 0.4) is 0 Å². The van der Waals surface area contributed by atoms with E-state index in [1.807, 2.05) is 0 Å². The molecule has 1 rings (SSSR count). The van der Waals surface area contributed by atoms with Crippen molar-refractivity contribution in [1.82, 2.24) is 0 Å². The minimum atomic E-state index is -4.81. The van der Waals surface area contributed by atoms with Crippen molar-refractivity contribution < 1.29 is 27.9 Å². The number of aliphatic carboxylic acids is 1. The Balaban J connectivity index is 2.65. The summed E-state index contributed by atoms with van der Waals surface area (Å²) in [5, 5.41) is 13.4. The van der Waals surface area contributed by atoms with Gasteiger partial charge in [-0.05, 0) is 24.3 Å². The highest BCUT2D eigenvalue weighted by Gasteiger charge is 2.44. The summed E-state index contributed by atoms with van der Waals surface area (Å²) in [5.74, 6) is -4.67. The van der Waals surface area contributed by atoms with Crippen LogP contribution in [0.5, 0.6) is 0 Å². The molecule has 0 heterocycles. The Kier molecular flexibility index (Phi) is 4.95. The number of hydrogen-bond acceptors (Lipinski definition) is 3. The Bertz CT molecular complexity index is 486. The smallest absolute Gasteiger partial charge is 0.403 e. The molecule has 1 aromatic carbocycles. The number of benzene rings is 1. The van der Waals surface area contributed by atoms with E-state index in [1.165, 1.54) is 31.2 Å². The molecule has 3 N–H and O–H groups in total. The minimum absolute atomic E-state index is 0.270. The van der Waals surface area contributed by atoms with E-state index in [0.717, 1.165) is 0 Å². The highest BCUT2D eigenvalue weighted by molar-refractivity contribution is 5.88. The topological polar surface area (TPSA) is 78.4 Å². The van der Waals surface area contributed by atoms with Crippen LogP contribution in [0.25, 0.3) is 0 Å². The number of nitrogens with one attached hydrogen (secondary N) is 2. The highest BCUT2D eigenvalue weighted by Crippen LogP contribution is 2.27. The molecule has 0 radical (unpaired) electrons. The Labute approximate surface area is 112 Å². The van der Waals surface area contributed by atoms with Crippen LogP contribution in [-0.2, 0) is 9.59 Å². The van der Waals surface area contributed by atoms with Crippen LogP contribution in [-0.4, -0.2) is 29.7 Å². The van der Waals surface area contributed by atoms with Crippen LogP contribution < -0.4 is 10.6 Å². The summed E-state index contributed by atoms with van der Waals surface area (Å²) in [7, 11) is 0. The second-order valence-electron chi connectivity index (χ2n) is 4.07. The van der Waals surface area contributed by atoms with Crippen molar-refractivity contribution in [3.8, 4) is 0 Å². The lowest BCUT2D eigenvalue weighted by atomic mass is 10.1. The van der Waals surface area contributed by atoms with Gasteiger partial charge in [0.15, 0.2) is 5.92 Å². The van der Waals surface area contributed by atoms with Gasteiger partial charge in [-0.3, -0.25) is 9.59 Å². The largest absolute Gasteiger partial charge is 0.481 e. The van der Waals surface area contributed by atoms with E-state index in [1.54, 1.807) is 0 Å². The predicted octanol–water partition coefficient (Wildman–Crippen LogP) is 2.32. The minimum Gasteiger partial charge on any atom is -0.481 e. The third-order valence-electron chi connectivity index (χ3n) is 2.41. The van der Waals surface area contributed by atoms with Gasteiger partial charge in [0.1, 0.15) is 0 Å². The number of carbonyl (C=O) groups excluding carboxylic acids is 1. The normalized spacial score (nSPS) is 12.6. The molecule has 110 valence electrons. The molecule has 0 aliphatic carbocycles. The predicted molar refractivity (Wildman–Crippen MR) is 66.4 cm³/mol. The van der Waals surface area contributed by atoms with Crippen molar-refractivity contribution in [3.05, 3.63) is 24.3 Å². The lowest BCUT2D eigenvalue weighted by Crippen LogP contribution is -2.36. The summed E-state index contributed by atoms with van der Waals surface area (Å²) in [6, 6.07) is 5.88. The molecule has 1 atom stereocenters. The molecule has 0 fully saturated rings. The number of amides is 1. The molecule has 0 saturated heterocycles. The van der Waals surface area contributed by atoms with Gasteiger partial charge in [0.25, 0.3) is 0 Å². The van der Waals surface area contributed by atoms with E-state index in [-0.39, 0.29) is 5.91 Å². The molecular formula is C12H13F3N2O3. The van der Waals surface area contributed by atoms with Gasteiger partial charge >= 0.3 is 12.1 Å². The van der Waals surface area contributed by atoms with Gasteiger partial charge in [0.05, 0.1) is 0 Å². The maximum atomic E-state index is 12.4. The summed E-state index contributed by atoms with van der Waals surface area (Å²) in [6.07, 6.45) is -4.81. The first-order valence-electron chi connectivity index (χ1n) is 5.61. The SMILES string of the molecule is CC(=O)Nc1ccc(NCC(C(=O)O)C(F)(F)F)cc1. The molecule has 1 aromatic rings. The van der Waals surface area contributed by atoms with Crippen molar-refractivity contribution in [3.63, 3.8) is 0 Å². The number of halogens is 3. The van der Waals surface area contributed by atoms with Crippen molar-refractivity contribution in [2.75, 3.05) is 17.2 Å². The van der Waals surface area contributed by atoms with Crippen molar-refractivity contribution in [1.29, 1.82) is 0 Å². The molecule has 8 heteroatoms. The van der Waals surface area contributed by atoms with E-state index < -0.39 is 24.6 Å². The first kappa shape index (κ1) is 15.8. The lowest BCUT2D eigenvalue weighted by Gasteiger charge is -2.17. The molecular weight excluding hydrogens is 277 g/mol. The molecule has 0 aromatic heterocycles. The van der Waals surface area contributed by atoms with Crippen molar-refractivity contribution >= 4 is 23.3 Å². The van der Waals surface area contributed by atoms with Gasteiger partial charge in [-0.25, -0.2) is 0 Å². The summed E-state index contributed by atoms with van der Waals surface area (Å²) >= 11 is 0. The van der Waals surface area contributed by atoms with Gasteiger partial charge in [0, 0.05) is 24.8 Å². The zero-order valence-electron chi connectivity index (χ0n) is 10.5. The molecule has 5 nitrogen and oxygen atoms in total. The summed E-state index contributed by atoms with van der Waals surface area (Å²) in [6.45, 7) is 0.561. The summed E-state index contributed by atoms with van der Waals surface area (Å²) < 4.78 is 37.2. The second kappa shape index (κ2) is 6.27. The number of carbonyl (C=O) groups is 2. The van der Waals surface area contributed by atoms with Crippen LogP contribution >= 0.6 is 0 Å². The van der Waals surface area contributed by atoms with Crippen LogP contribution in [0.15, 0.2) is 24.3 Å². The van der Waals surface area contributed by atoms with Crippen molar-refractivity contribution in [2.24, 2.45) is 5.92 Å². The maximum Gasteiger partial charge on any atom is 0.403 e.